The summed E-state index contributed by atoms with van der Waals surface area (Å²) in [5, 5.41) is 12.5. The largest absolute Gasteiger partial charge is 0.497 e. The molecule has 0 aliphatic heterocycles. The highest BCUT2D eigenvalue weighted by atomic mass is 16.6. The molecule has 0 spiro atoms. The first-order valence-electron chi connectivity index (χ1n) is 5.13. The van der Waals surface area contributed by atoms with E-state index in [0.29, 0.717) is 12.1 Å². The lowest BCUT2D eigenvalue weighted by Gasteiger charge is -2.05. The van der Waals surface area contributed by atoms with Crippen molar-refractivity contribution in [3.63, 3.8) is 0 Å². The van der Waals surface area contributed by atoms with Crippen molar-refractivity contribution in [3.8, 4) is 5.75 Å². The van der Waals surface area contributed by atoms with Gasteiger partial charge in [-0.2, -0.15) is 0 Å². The number of hydrogen-bond donors (Lipinski definition) is 1. The summed E-state index contributed by atoms with van der Waals surface area (Å²) in [5.41, 5.74) is 1.44. The van der Waals surface area contributed by atoms with Crippen molar-refractivity contribution < 1.29 is 19.5 Å². The Morgan fingerprint density at radius 3 is 2.35 bits per heavy atom. The Bertz CT molecular complexity index is 397. The third-order valence-corrected chi connectivity index (χ3v) is 2.20. The molecule has 0 heterocycles. The number of oxime groups is 1. The number of aliphatic carboxylic acids is 1. The molecule has 0 atom stereocenters. The third-order valence-electron chi connectivity index (χ3n) is 2.20. The molecule has 5 heteroatoms. The summed E-state index contributed by atoms with van der Waals surface area (Å²) in [6, 6.07) is 7.22. The number of carbonyl (C=O) groups is 1. The van der Waals surface area contributed by atoms with Crippen molar-refractivity contribution in [2.24, 2.45) is 5.16 Å². The molecule has 1 rings (SSSR count). The smallest absolute Gasteiger partial charge is 0.303 e. The maximum absolute atomic E-state index is 10.5. The van der Waals surface area contributed by atoms with Gasteiger partial charge in [-0.3, -0.25) is 4.79 Å². The number of ether oxygens (including phenoxy) is 1. The summed E-state index contributed by atoms with van der Waals surface area (Å²) in [4.78, 5) is 15.2. The predicted molar refractivity (Wildman–Crippen MR) is 63.4 cm³/mol. The summed E-state index contributed by atoms with van der Waals surface area (Å²) < 4.78 is 5.04. The van der Waals surface area contributed by atoms with Crippen LogP contribution in [0.4, 0.5) is 0 Å². The van der Waals surface area contributed by atoms with Gasteiger partial charge in [-0.25, -0.2) is 0 Å². The zero-order chi connectivity index (χ0) is 12.7. The first-order chi connectivity index (χ1) is 8.17. The van der Waals surface area contributed by atoms with Crippen LogP contribution in [-0.2, 0) is 9.63 Å². The lowest BCUT2D eigenvalue weighted by molar-refractivity contribution is -0.136. The van der Waals surface area contributed by atoms with Crippen LogP contribution in [-0.4, -0.2) is 31.0 Å². The van der Waals surface area contributed by atoms with E-state index in [1.807, 2.05) is 12.1 Å². The van der Waals surface area contributed by atoms with Gasteiger partial charge in [0.2, 0.25) is 0 Å². The van der Waals surface area contributed by atoms with Crippen LogP contribution >= 0.6 is 0 Å². The molecule has 1 aromatic rings. The van der Waals surface area contributed by atoms with Crippen LogP contribution in [0.5, 0.6) is 5.75 Å². The van der Waals surface area contributed by atoms with Crippen LogP contribution in [0.15, 0.2) is 29.4 Å². The molecule has 0 saturated carbocycles. The van der Waals surface area contributed by atoms with E-state index >= 15 is 0 Å². The lowest BCUT2D eigenvalue weighted by Crippen LogP contribution is -2.05. The summed E-state index contributed by atoms with van der Waals surface area (Å²) in [5.74, 6) is -0.119. The second-order valence-electron chi connectivity index (χ2n) is 3.34. The van der Waals surface area contributed by atoms with Crippen molar-refractivity contribution in [1.82, 2.24) is 0 Å². The van der Waals surface area contributed by atoms with Crippen molar-refractivity contribution >= 4 is 11.7 Å². The van der Waals surface area contributed by atoms with Crippen LogP contribution in [0.2, 0.25) is 0 Å². The molecule has 0 bridgehead atoms. The van der Waals surface area contributed by atoms with E-state index in [0.717, 1.165) is 11.3 Å². The normalized spacial score (nSPS) is 11.1. The SMILES string of the molecule is CO/N=C(\CCC(=O)O)c1ccc(OC)cc1. The van der Waals surface area contributed by atoms with Gasteiger partial charge in [0.15, 0.2) is 0 Å². The van der Waals surface area contributed by atoms with Crippen LogP contribution in [0, 0.1) is 0 Å². The van der Waals surface area contributed by atoms with Gasteiger partial charge in [0.05, 0.1) is 19.2 Å². The molecule has 0 aliphatic carbocycles. The molecule has 1 aromatic carbocycles. The van der Waals surface area contributed by atoms with Crippen LogP contribution < -0.4 is 4.74 Å². The second kappa shape index (κ2) is 6.52. The van der Waals surface area contributed by atoms with E-state index < -0.39 is 5.97 Å². The molecule has 0 saturated heterocycles. The highest BCUT2D eigenvalue weighted by Gasteiger charge is 2.07. The number of rotatable bonds is 6. The van der Waals surface area contributed by atoms with Gasteiger partial charge in [-0.05, 0) is 29.8 Å². The third kappa shape index (κ3) is 4.14. The molecule has 1 N–H and O–H groups in total. The number of benzene rings is 1. The minimum Gasteiger partial charge on any atom is -0.497 e. The van der Waals surface area contributed by atoms with E-state index in [1.54, 1.807) is 19.2 Å². The highest BCUT2D eigenvalue weighted by Crippen LogP contribution is 2.14. The minimum atomic E-state index is -0.859. The van der Waals surface area contributed by atoms with Crippen molar-refractivity contribution in [2.45, 2.75) is 12.8 Å². The molecular weight excluding hydrogens is 222 g/mol. The Morgan fingerprint density at radius 1 is 1.24 bits per heavy atom. The number of carboxylic acids is 1. The molecule has 0 unspecified atom stereocenters. The number of hydrogen-bond acceptors (Lipinski definition) is 4. The van der Waals surface area contributed by atoms with E-state index in [1.165, 1.54) is 7.11 Å². The fraction of sp³-hybridized carbons (Fsp3) is 0.333. The van der Waals surface area contributed by atoms with Gasteiger partial charge in [0.25, 0.3) is 0 Å². The second-order valence-corrected chi connectivity index (χ2v) is 3.34. The highest BCUT2D eigenvalue weighted by molar-refractivity contribution is 6.01. The summed E-state index contributed by atoms with van der Waals surface area (Å²) in [6.07, 6.45) is 0.351. The summed E-state index contributed by atoms with van der Waals surface area (Å²) >= 11 is 0. The molecule has 0 fully saturated rings. The number of carboxylic acid groups (broad SMARTS) is 1. The maximum Gasteiger partial charge on any atom is 0.303 e. The van der Waals surface area contributed by atoms with Crippen molar-refractivity contribution in [2.75, 3.05) is 14.2 Å². The van der Waals surface area contributed by atoms with Gasteiger partial charge >= 0.3 is 5.97 Å². The fourth-order valence-corrected chi connectivity index (χ4v) is 1.36. The Hall–Kier alpha value is -2.04. The topological polar surface area (TPSA) is 68.1 Å². The molecule has 17 heavy (non-hydrogen) atoms. The van der Waals surface area contributed by atoms with E-state index in [9.17, 15) is 4.79 Å². The molecule has 5 nitrogen and oxygen atoms in total. The molecule has 0 aromatic heterocycles. The quantitative estimate of drug-likeness (QED) is 0.606. The molecular formula is C12H15NO4. The first-order valence-corrected chi connectivity index (χ1v) is 5.13. The Kier molecular flexibility index (Phi) is 5.00. The summed E-state index contributed by atoms with van der Waals surface area (Å²) in [7, 11) is 3.02. The van der Waals surface area contributed by atoms with Gasteiger partial charge in [0, 0.05) is 6.42 Å². The zero-order valence-corrected chi connectivity index (χ0v) is 9.84. The Labute approximate surface area is 99.7 Å². The van der Waals surface area contributed by atoms with Crippen LogP contribution in [0.25, 0.3) is 0 Å². The van der Waals surface area contributed by atoms with Crippen LogP contribution in [0.3, 0.4) is 0 Å². The first kappa shape index (κ1) is 13.0. The standard InChI is InChI=1S/C12H15NO4/c1-16-10-5-3-9(4-6-10)11(13-17-2)7-8-12(14)15/h3-6H,7-8H2,1-2H3,(H,14,15)/b13-11+. The van der Waals surface area contributed by atoms with E-state index in [-0.39, 0.29) is 6.42 Å². The predicted octanol–water partition coefficient (Wildman–Crippen LogP) is 1.91. The molecule has 0 radical (unpaired) electrons. The van der Waals surface area contributed by atoms with Gasteiger partial charge in [-0.15, -0.1) is 0 Å². The zero-order valence-electron chi connectivity index (χ0n) is 9.84. The van der Waals surface area contributed by atoms with Crippen LogP contribution in [0.1, 0.15) is 18.4 Å². The van der Waals surface area contributed by atoms with Crippen molar-refractivity contribution in [3.05, 3.63) is 29.8 Å². The lowest BCUT2D eigenvalue weighted by atomic mass is 10.1. The van der Waals surface area contributed by atoms with E-state index in [4.69, 9.17) is 14.7 Å². The average Bonchev–Trinajstić information content (AvgIpc) is 2.34. The summed E-state index contributed by atoms with van der Waals surface area (Å²) in [6.45, 7) is 0. The number of nitrogens with zero attached hydrogens (tertiary/aromatic N) is 1. The van der Waals surface area contributed by atoms with Gasteiger partial charge in [0.1, 0.15) is 12.9 Å². The van der Waals surface area contributed by atoms with Gasteiger partial charge in [-0.1, -0.05) is 5.16 Å². The van der Waals surface area contributed by atoms with E-state index in [2.05, 4.69) is 5.16 Å². The maximum atomic E-state index is 10.5. The monoisotopic (exact) mass is 237 g/mol. The van der Waals surface area contributed by atoms with Crippen molar-refractivity contribution in [1.29, 1.82) is 0 Å². The Morgan fingerprint density at radius 2 is 1.88 bits per heavy atom. The molecule has 0 amide bonds. The Balaban J connectivity index is 2.82. The number of methoxy groups -OCH3 is 1. The minimum absolute atomic E-state index is 0.0220. The molecule has 0 aliphatic rings. The average molecular weight is 237 g/mol. The molecule has 92 valence electrons. The van der Waals surface area contributed by atoms with Gasteiger partial charge < -0.3 is 14.7 Å². The fourth-order valence-electron chi connectivity index (χ4n) is 1.36.